The average Bonchev–Trinajstić information content (AvgIpc) is 2.93. The number of H-pyrrole nitrogens is 1. The lowest BCUT2D eigenvalue weighted by Gasteiger charge is -2.01. The second-order valence-electron chi connectivity index (χ2n) is 3.65. The van der Waals surface area contributed by atoms with E-state index in [9.17, 15) is 0 Å². The quantitative estimate of drug-likeness (QED) is 0.791. The van der Waals surface area contributed by atoms with Crippen LogP contribution in [-0.4, -0.2) is 19.9 Å². The maximum atomic E-state index is 5.95. The molecule has 0 aliphatic heterocycles. The minimum absolute atomic E-state index is 0.485. The zero-order chi connectivity index (χ0) is 10.3. The Morgan fingerprint density at radius 1 is 1.33 bits per heavy atom. The van der Waals surface area contributed by atoms with Gasteiger partial charge in [-0.25, -0.2) is 15.0 Å². The van der Waals surface area contributed by atoms with Gasteiger partial charge in [0.2, 0.25) is 0 Å². The summed E-state index contributed by atoms with van der Waals surface area (Å²) in [6.45, 7) is 0. The van der Waals surface area contributed by atoms with Crippen LogP contribution in [0.5, 0.6) is 0 Å². The number of hydrogen-bond donors (Lipinski definition) is 1. The van der Waals surface area contributed by atoms with Gasteiger partial charge in [0.25, 0.3) is 0 Å². The molecule has 76 valence electrons. The van der Waals surface area contributed by atoms with Crippen LogP contribution in [0.2, 0.25) is 5.15 Å². The van der Waals surface area contributed by atoms with E-state index in [0.29, 0.717) is 22.7 Å². The molecule has 1 fully saturated rings. The zero-order valence-corrected chi connectivity index (χ0v) is 8.70. The van der Waals surface area contributed by atoms with Gasteiger partial charge in [0.05, 0.1) is 0 Å². The summed E-state index contributed by atoms with van der Waals surface area (Å²) in [5.74, 6) is 1.81. The molecule has 0 radical (unpaired) electrons. The topological polar surface area (TPSA) is 54.5 Å². The van der Waals surface area contributed by atoms with Crippen molar-refractivity contribution in [3.8, 4) is 11.6 Å². The molecule has 2 aromatic heterocycles. The Bertz CT molecular complexity index is 476. The molecule has 0 saturated heterocycles. The maximum Gasteiger partial charge on any atom is 0.197 e. The van der Waals surface area contributed by atoms with Crippen molar-refractivity contribution in [3.05, 3.63) is 29.3 Å². The SMILES string of the molecule is Clc1cc(C2CC2)nc(-c2ncc[nH]2)n1. The highest BCUT2D eigenvalue weighted by molar-refractivity contribution is 6.29. The lowest BCUT2D eigenvalue weighted by molar-refractivity contribution is 0.982. The third-order valence-corrected chi connectivity index (χ3v) is 2.61. The highest BCUT2D eigenvalue weighted by Crippen LogP contribution is 2.39. The Kier molecular flexibility index (Phi) is 1.95. The number of aromatic nitrogens is 4. The molecule has 4 nitrogen and oxygen atoms in total. The van der Waals surface area contributed by atoms with Crippen molar-refractivity contribution < 1.29 is 0 Å². The zero-order valence-electron chi connectivity index (χ0n) is 7.94. The number of nitrogens with zero attached hydrogens (tertiary/aromatic N) is 3. The van der Waals surface area contributed by atoms with Crippen molar-refractivity contribution >= 4 is 11.6 Å². The molecule has 5 heteroatoms. The van der Waals surface area contributed by atoms with E-state index in [0.717, 1.165) is 5.69 Å². The van der Waals surface area contributed by atoms with Gasteiger partial charge in [0, 0.05) is 24.0 Å². The molecule has 0 aromatic carbocycles. The van der Waals surface area contributed by atoms with Crippen molar-refractivity contribution in [2.45, 2.75) is 18.8 Å². The van der Waals surface area contributed by atoms with Gasteiger partial charge in [-0.15, -0.1) is 0 Å². The van der Waals surface area contributed by atoms with Crippen molar-refractivity contribution in [2.75, 3.05) is 0 Å². The number of nitrogens with one attached hydrogen (secondary N) is 1. The molecular formula is C10H9ClN4. The number of aromatic amines is 1. The van der Waals surface area contributed by atoms with E-state index in [2.05, 4.69) is 19.9 Å². The predicted molar refractivity (Wildman–Crippen MR) is 56.6 cm³/mol. The van der Waals surface area contributed by atoms with Crippen molar-refractivity contribution in [1.29, 1.82) is 0 Å². The lowest BCUT2D eigenvalue weighted by atomic mass is 10.3. The molecule has 1 aliphatic rings. The Hall–Kier alpha value is -1.42. The number of rotatable bonds is 2. The van der Waals surface area contributed by atoms with E-state index in [1.165, 1.54) is 12.8 Å². The Morgan fingerprint density at radius 3 is 2.87 bits per heavy atom. The third-order valence-electron chi connectivity index (χ3n) is 2.42. The summed E-state index contributed by atoms with van der Waals surface area (Å²) in [5.41, 5.74) is 1.03. The van der Waals surface area contributed by atoms with E-state index in [1.54, 1.807) is 12.4 Å². The molecule has 15 heavy (non-hydrogen) atoms. The molecule has 0 atom stereocenters. The lowest BCUT2D eigenvalue weighted by Crippen LogP contribution is -1.95. The van der Waals surface area contributed by atoms with E-state index in [-0.39, 0.29) is 0 Å². The van der Waals surface area contributed by atoms with Crippen LogP contribution in [0.3, 0.4) is 0 Å². The van der Waals surface area contributed by atoms with Crippen LogP contribution in [0, 0.1) is 0 Å². The van der Waals surface area contributed by atoms with Crippen LogP contribution in [0.25, 0.3) is 11.6 Å². The van der Waals surface area contributed by atoms with Gasteiger partial charge in [0.1, 0.15) is 5.15 Å². The molecule has 2 aromatic rings. The monoisotopic (exact) mass is 220 g/mol. The van der Waals surface area contributed by atoms with Crippen molar-refractivity contribution in [1.82, 2.24) is 19.9 Å². The molecular weight excluding hydrogens is 212 g/mol. The standard InChI is InChI=1S/C10H9ClN4/c11-8-5-7(6-1-2-6)14-10(15-8)9-12-3-4-13-9/h3-6H,1-2H2,(H,12,13). The highest BCUT2D eigenvalue weighted by Gasteiger charge is 2.26. The van der Waals surface area contributed by atoms with Gasteiger partial charge in [0.15, 0.2) is 11.6 Å². The first kappa shape index (κ1) is 8.85. The van der Waals surface area contributed by atoms with E-state index in [4.69, 9.17) is 11.6 Å². The minimum atomic E-state index is 0.485. The summed E-state index contributed by atoms with van der Waals surface area (Å²) in [4.78, 5) is 15.7. The number of imidazole rings is 1. The molecule has 2 heterocycles. The van der Waals surface area contributed by atoms with Crippen molar-refractivity contribution in [2.24, 2.45) is 0 Å². The van der Waals surface area contributed by atoms with Crippen LogP contribution in [0.1, 0.15) is 24.5 Å². The van der Waals surface area contributed by atoms with Gasteiger partial charge in [-0.05, 0) is 18.9 Å². The fourth-order valence-electron chi connectivity index (χ4n) is 1.52. The van der Waals surface area contributed by atoms with Gasteiger partial charge in [-0.3, -0.25) is 0 Å². The molecule has 3 rings (SSSR count). The summed E-state index contributed by atoms with van der Waals surface area (Å²) in [6, 6.07) is 1.84. The third kappa shape index (κ3) is 1.72. The van der Waals surface area contributed by atoms with Crippen LogP contribution in [-0.2, 0) is 0 Å². The molecule has 1 N–H and O–H groups in total. The second kappa shape index (κ2) is 3.31. The molecule has 0 unspecified atom stereocenters. The molecule has 1 saturated carbocycles. The fraction of sp³-hybridized carbons (Fsp3) is 0.300. The maximum absolute atomic E-state index is 5.95. The summed E-state index contributed by atoms with van der Waals surface area (Å²) in [7, 11) is 0. The Balaban J connectivity index is 2.07. The molecule has 1 aliphatic carbocycles. The smallest absolute Gasteiger partial charge is 0.197 e. The van der Waals surface area contributed by atoms with Crippen LogP contribution in [0.15, 0.2) is 18.5 Å². The fourth-order valence-corrected chi connectivity index (χ4v) is 1.71. The van der Waals surface area contributed by atoms with Crippen LogP contribution in [0.4, 0.5) is 0 Å². The normalized spacial score (nSPS) is 15.5. The molecule has 0 amide bonds. The second-order valence-corrected chi connectivity index (χ2v) is 4.04. The average molecular weight is 221 g/mol. The van der Waals surface area contributed by atoms with Crippen LogP contribution >= 0.6 is 11.6 Å². The first-order valence-corrected chi connectivity index (χ1v) is 5.25. The van der Waals surface area contributed by atoms with E-state index in [1.807, 2.05) is 6.07 Å². The summed E-state index contributed by atoms with van der Waals surface area (Å²) >= 11 is 5.95. The predicted octanol–water partition coefficient (Wildman–Crippen LogP) is 2.40. The van der Waals surface area contributed by atoms with E-state index >= 15 is 0 Å². The largest absolute Gasteiger partial charge is 0.342 e. The molecule has 0 spiro atoms. The van der Waals surface area contributed by atoms with E-state index < -0.39 is 0 Å². The van der Waals surface area contributed by atoms with Gasteiger partial charge in [-0.1, -0.05) is 11.6 Å². The van der Waals surface area contributed by atoms with Crippen LogP contribution < -0.4 is 0 Å². The molecule has 0 bridgehead atoms. The Morgan fingerprint density at radius 2 is 2.20 bits per heavy atom. The number of halogens is 1. The van der Waals surface area contributed by atoms with Gasteiger partial charge < -0.3 is 4.98 Å². The number of hydrogen-bond acceptors (Lipinski definition) is 3. The van der Waals surface area contributed by atoms with Crippen molar-refractivity contribution in [3.63, 3.8) is 0 Å². The first-order chi connectivity index (χ1) is 7.33. The first-order valence-electron chi connectivity index (χ1n) is 4.87. The van der Waals surface area contributed by atoms with Gasteiger partial charge >= 0.3 is 0 Å². The summed E-state index contributed by atoms with van der Waals surface area (Å²) < 4.78 is 0. The Labute approximate surface area is 91.7 Å². The highest BCUT2D eigenvalue weighted by atomic mass is 35.5. The summed E-state index contributed by atoms with van der Waals surface area (Å²) in [5, 5.41) is 0.485. The van der Waals surface area contributed by atoms with Gasteiger partial charge in [-0.2, -0.15) is 0 Å². The summed E-state index contributed by atoms with van der Waals surface area (Å²) in [6.07, 6.45) is 5.82. The minimum Gasteiger partial charge on any atom is -0.342 e.